The zero-order valence-corrected chi connectivity index (χ0v) is 8.64. The highest BCUT2D eigenvalue weighted by Crippen LogP contribution is 2.15. The second kappa shape index (κ2) is 4.83. The molecule has 0 aromatic rings. The van der Waals surface area contributed by atoms with Crippen LogP contribution in [0.5, 0.6) is 0 Å². The summed E-state index contributed by atoms with van der Waals surface area (Å²) in [5, 5.41) is 3.28. The van der Waals surface area contributed by atoms with Crippen LogP contribution in [0.25, 0.3) is 0 Å². The van der Waals surface area contributed by atoms with Crippen LogP contribution < -0.4 is 5.32 Å². The lowest BCUT2D eigenvalue weighted by Gasteiger charge is -2.31. The molecule has 2 nitrogen and oxygen atoms in total. The van der Waals surface area contributed by atoms with Crippen LogP contribution in [0.4, 0.5) is 0 Å². The Morgan fingerprint density at radius 3 is 2.50 bits per heavy atom. The topological polar surface area (TPSA) is 15.3 Å². The fraction of sp³-hybridized carbons (Fsp3) is 1.00. The summed E-state index contributed by atoms with van der Waals surface area (Å²) in [6.07, 6.45) is 2.77. The third-order valence-corrected chi connectivity index (χ3v) is 2.90. The van der Waals surface area contributed by atoms with E-state index in [1.54, 1.807) is 0 Å². The highest BCUT2D eigenvalue weighted by atomic mass is 15.1. The summed E-state index contributed by atoms with van der Waals surface area (Å²) < 4.78 is 0. The molecule has 0 bridgehead atoms. The molecule has 0 spiro atoms. The van der Waals surface area contributed by atoms with Crippen molar-refractivity contribution in [1.29, 1.82) is 0 Å². The van der Waals surface area contributed by atoms with Gasteiger partial charge in [0.1, 0.15) is 0 Å². The zero-order valence-electron chi connectivity index (χ0n) is 8.64. The minimum absolute atomic E-state index is 0.637. The van der Waals surface area contributed by atoms with Crippen LogP contribution in [0.3, 0.4) is 0 Å². The predicted molar refractivity (Wildman–Crippen MR) is 53.4 cm³/mol. The van der Waals surface area contributed by atoms with Crippen molar-refractivity contribution in [2.45, 2.75) is 32.7 Å². The number of likely N-dealkylation sites (N-methyl/N-ethyl adjacent to an activating group) is 1. The first-order chi connectivity index (χ1) is 5.72. The summed E-state index contributed by atoms with van der Waals surface area (Å²) in [6, 6.07) is 0.637. The molecule has 12 heavy (non-hydrogen) atoms. The van der Waals surface area contributed by atoms with E-state index >= 15 is 0 Å². The number of likely N-dealkylation sites (tertiary alicyclic amines) is 1. The predicted octanol–water partition coefficient (Wildman–Crippen LogP) is 1.33. The van der Waals surface area contributed by atoms with Crippen molar-refractivity contribution in [3.8, 4) is 0 Å². The van der Waals surface area contributed by atoms with Gasteiger partial charge in [0.2, 0.25) is 0 Å². The molecule has 0 aromatic carbocycles. The van der Waals surface area contributed by atoms with Gasteiger partial charge in [-0.25, -0.2) is 0 Å². The number of nitrogens with zero attached hydrogens (tertiary/aromatic N) is 1. The van der Waals surface area contributed by atoms with Crippen LogP contribution in [0.15, 0.2) is 0 Å². The summed E-state index contributed by atoms with van der Waals surface area (Å²) in [5.74, 6) is 0.950. The number of piperidine rings is 1. The van der Waals surface area contributed by atoms with Crippen LogP contribution in [-0.4, -0.2) is 37.6 Å². The lowest BCUT2D eigenvalue weighted by molar-refractivity contribution is 0.180. The Bertz CT molecular complexity index is 117. The number of hydrogen-bond donors (Lipinski definition) is 1. The molecule has 1 aliphatic heterocycles. The molecule has 0 aromatic heterocycles. The van der Waals surface area contributed by atoms with Crippen molar-refractivity contribution in [3.05, 3.63) is 0 Å². The second-order valence-corrected chi connectivity index (χ2v) is 4.17. The van der Waals surface area contributed by atoms with Gasteiger partial charge in [0.25, 0.3) is 0 Å². The molecule has 1 atom stereocenters. The van der Waals surface area contributed by atoms with Gasteiger partial charge in [-0.15, -0.1) is 0 Å². The van der Waals surface area contributed by atoms with Gasteiger partial charge in [-0.1, -0.05) is 6.92 Å². The van der Waals surface area contributed by atoms with Gasteiger partial charge >= 0.3 is 0 Å². The Kier molecular flexibility index (Phi) is 4.02. The molecular weight excluding hydrogens is 148 g/mol. The molecular formula is C10H22N2. The van der Waals surface area contributed by atoms with Crippen LogP contribution in [0.2, 0.25) is 0 Å². The maximum absolute atomic E-state index is 3.28. The Morgan fingerprint density at radius 1 is 1.42 bits per heavy atom. The van der Waals surface area contributed by atoms with Gasteiger partial charge in [0, 0.05) is 12.6 Å². The highest BCUT2D eigenvalue weighted by Gasteiger charge is 2.16. The SMILES string of the molecule is CNC(C)CN1CCC(C)CC1. The monoisotopic (exact) mass is 170 g/mol. The van der Waals surface area contributed by atoms with E-state index in [2.05, 4.69) is 24.1 Å². The average Bonchev–Trinajstić information content (AvgIpc) is 2.09. The second-order valence-electron chi connectivity index (χ2n) is 4.17. The fourth-order valence-electron chi connectivity index (χ4n) is 1.72. The van der Waals surface area contributed by atoms with Gasteiger partial charge in [-0.3, -0.25) is 0 Å². The average molecular weight is 170 g/mol. The number of hydrogen-bond acceptors (Lipinski definition) is 2. The summed E-state index contributed by atoms with van der Waals surface area (Å²) in [7, 11) is 2.04. The Balaban J connectivity index is 2.17. The maximum Gasteiger partial charge on any atom is 0.0163 e. The molecule has 0 saturated carbocycles. The van der Waals surface area contributed by atoms with Gasteiger partial charge in [-0.05, 0) is 45.8 Å². The first kappa shape index (κ1) is 10.0. The minimum atomic E-state index is 0.637. The lowest BCUT2D eigenvalue weighted by atomic mass is 9.99. The largest absolute Gasteiger partial charge is 0.316 e. The minimum Gasteiger partial charge on any atom is -0.316 e. The van der Waals surface area contributed by atoms with Crippen LogP contribution in [0, 0.1) is 5.92 Å². The quantitative estimate of drug-likeness (QED) is 0.687. The molecule has 0 aliphatic carbocycles. The van der Waals surface area contributed by atoms with E-state index in [1.807, 2.05) is 7.05 Å². The molecule has 1 heterocycles. The standard InChI is InChI=1S/C10H22N2/c1-9-4-6-12(7-5-9)8-10(2)11-3/h9-11H,4-8H2,1-3H3. The molecule has 0 radical (unpaired) electrons. The molecule has 72 valence electrons. The summed E-state index contributed by atoms with van der Waals surface area (Å²) in [4.78, 5) is 2.57. The Morgan fingerprint density at radius 2 is 2.00 bits per heavy atom. The van der Waals surface area contributed by atoms with E-state index in [1.165, 1.54) is 32.5 Å². The molecule has 1 fully saturated rings. The van der Waals surface area contributed by atoms with Gasteiger partial charge in [0.05, 0.1) is 0 Å². The Labute approximate surface area is 76.3 Å². The van der Waals surface area contributed by atoms with E-state index in [0.717, 1.165) is 5.92 Å². The zero-order chi connectivity index (χ0) is 8.97. The van der Waals surface area contributed by atoms with E-state index in [0.29, 0.717) is 6.04 Å². The molecule has 1 unspecified atom stereocenters. The highest BCUT2D eigenvalue weighted by molar-refractivity contribution is 4.72. The van der Waals surface area contributed by atoms with E-state index in [4.69, 9.17) is 0 Å². The molecule has 1 saturated heterocycles. The first-order valence-electron chi connectivity index (χ1n) is 5.12. The third kappa shape index (κ3) is 3.11. The van der Waals surface area contributed by atoms with Crippen molar-refractivity contribution < 1.29 is 0 Å². The summed E-state index contributed by atoms with van der Waals surface area (Å²) in [5.41, 5.74) is 0. The first-order valence-corrected chi connectivity index (χ1v) is 5.12. The molecule has 2 heteroatoms. The molecule has 0 amide bonds. The van der Waals surface area contributed by atoms with Crippen molar-refractivity contribution in [1.82, 2.24) is 10.2 Å². The van der Waals surface area contributed by atoms with Crippen molar-refractivity contribution >= 4 is 0 Å². The van der Waals surface area contributed by atoms with Crippen LogP contribution >= 0.6 is 0 Å². The summed E-state index contributed by atoms with van der Waals surface area (Å²) >= 11 is 0. The Hall–Kier alpha value is -0.0800. The smallest absolute Gasteiger partial charge is 0.0163 e. The van der Waals surface area contributed by atoms with Crippen LogP contribution in [-0.2, 0) is 0 Å². The van der Waals surface area contributed by atoms with Gasteiger partial charge < -0.3 is 10.2 Å². The van der Waals surface area contributed by atoms with Crippen molar-refractivity contribution in [3.63, 3.8) is 0 Å². The van der Waals surface area contributed by atoms with E-state index < -0.39 is 0 Å². The molecule has 1 rings (SSSR count). The normalized spacial score (nSPS) is 24.2. The van der Waals surface area contributed by atoms with Gasteiger partial charge in [0.15, 0.2) is 0 Å². The maximum atomic E-state index is 3.28. The summed E-state index contributed by atoms with van der Waals surface area (Å²) in [6.45, 7) is 8.42. The molecule has 1 N–H and O–H groups in total. The van der Waals surface area contributed by atoms with Crippen LogP contribution in [0.1, 0.15) is 26.7 Å². The van der Waals surface area contributed by atoms with Gasteiger partial charge in [-0.2, -0.15) is 0 Å². The van der Waals surface area contributed by atoms with Crippen molar-refractivity contribution in [2.75, 3.05) is 26.7 Å². The fourth-order valence-corrected chi connectivity index (χ4v) is 1.72. The van der Waals surface area contributed by atoms with E-state index in [9.17, 15) is 0 Å². The lowest BCUT2D eigenvalue weighted by Crippen LogP contribution is -2.41. The van der Waals surface area contributed by atoms with E-state index in [-0.39, 0.29) is 0 Å². The molecule has 1 aliphatic rings. The number of rotatable bonds is 3. The third-order valence-electron chi connectivity index (χ3n) is 2.90. The number of nitrogens with one attached hydrogen (secondary N) is 1. The van der Waals surface area contributed by atoms with Crippen molar-refractivity contribution in [2.24, 2.45) is 5.92 Å².